The summed E-state index contributed by atoms with van der Waals surface area (Å²) in [4.78, 5) is 11.6. The highest BCUT2D eigenvalue weighted by atomic mass is 35.5. The number of carbonyl (C=O) groups excluding carboxylic acids is 1. The molecule has 0 bridgehead atoms. The summed E-state index contributed by atoms with van der Waals surface area (Å²) in [7, 11) is 0. The third kappa shape index (κ3) is 4.84. The monoisotopic (exact) mass is 225 g/mol. The van der Waals surface area contributed by atoms with E-state index in [1.54, 1.807) is 6.07 Å². The van der Waals surface area contributed by atoms with E-state index in [9.17, 15) is 4.79 Å². The van der Waals surface area contributed by atoms with Crippen LogP contribution in [0.3, 0.4) is 0 Å². The fourth-order valence-electron chi connectivity index (χ4n) is 1.29. The van der Waals surface area contributed by atoms with E-state index in [2.05, 4.69) is 5.32 Å². The van der Waals surface area contributed by atoms with Crippen LogP contribution in [0.25, 0.3) is 0 Å². The van der Waals surface area contributed by atoms with E-state index >= 15 is 0 Å². The zero-order valence-corrected chi connectivity index (χ0v) is 10.1. The lowest BCUT2D eigenvalue weighted by atomic mass is 10.1. The van der Waals surface area contributed by atoms with Crippen LogP contribution in [0.5, 0.6) is 0 Å². The summed E-state index contributed by atoms with van der Waals surface area (Å²) < 4.78 is 0. The van der Waals surface area contributed by atoms with Gasteiger partial charge in [-0.05, 0) is 38.5 Å². The molecule has 1 amide bonds. The average molecular weight is 226 g/mol. The largest absolute Gasteiger partial charge is 0.351 e. The molecule has 0 unspecified atom stereocenters. The summed E-state index contributed by atoms with van der Waals surface area (Å²) in [5.74, 6) is 0.0183. The van der Waals surface area contributed by atoms with Crippen molar-refractivity contribution < 1.29 is 4.79 Å². The summed E-state index contributed by atoms with van der Waals surface area (Å²) in [6.07, 6.45) is 0.373. The Kier molecular flexibility index (Phi) is 3.75. The lowest BCUT2D eigenvalue weighted by molar-refractivity contribution is -0.121. The van der Waals surface area contributed by atoms with Crippen LogP contribution < -0.4 is 5.32 Å². The first-order chi connectivity index (χ1) is 6.87. The number of carbonyl (C=O) groups is 1. The van der Waals surface area contributed by atoms with E-state index in [4.69, 9.17) is 11.6 Å². The van der Waals surface area contributed by atoms with E-state index in [-0.39, 0.29) is 11.4 Å². The molecule has 1 aromatic rings. The molecule has 0 aromatic heterocycles. The molecule has 3 heteroatoms. The molecule has 2 nitrogen and oxygen atoms in total. The van der Waals surface area contributed by atoms with Gasteiger partial charge in [0.15, 0.2) is 0 Å². The molecule has 0 aliphatic heterocycles. The molecule has 15 heavy (non-hydrogen) atoms. The number of hydrogen-bond donors (Lipinski definition) is 1. The molecular weight excluding hydrogens is 210 g/mol. The topological polar surface area (TPSA) is 29.1 Å². The molecule has 1 aromatic carbocycles. The van der Waals surface area contributed by atoms with Crippen LogP contribution in [0, 0.1) is 0 Å². The molecule has 0 saturated carbocycles. The van der Waals surface area contributed by atoms with Crippen LogP contribution in [0.1, 0.15) is 26.3 Å². The minimum atomic E-state index is -0.185. The van der Waals surface area contributed by atoms with E-state index < -0.39 is 0 Å². The van der Waals surface area contributed by atoms with Gasteiger partial charge in [0.05, 0.1) is 6.42 Å². The zero-order valence-electron chi connectivity index (χ0n) is 9.30. The first-order valence-corrected chi connectivity index (χ1v) is 5.30. The predicted octanol–water partition coefficient (Wildman–Crippen LogP) is 2.80. The van der Waals surface area contributed by atoms with Gasteiger partial charge in [-0.2, -0.15) is 0 Å². The third-order valence-corrected chi connectivity index (χ3v) is 2.00. The quantitative estimate of drug-likeness (QED) is 0.824. The van der Waals surface area contributed by atoms with Crippen LogP contribution in [-0.2, 0) is 11.2 Å². The number of benzene rings is 1. The van der Waals surface area contributed by atoms with Gasteiger partial charge in [-0.1, -0.05) is 23.7 Å². The highest BCUT2D eigenvalue weighted by Crippen LogP contribution is 2.11. The van der Waals surface area contributed by atoms with Gasteiger partial charge in [-0.15, -0.1) is 0 Å². The van der Waals surface area contributed by atoms with Crippen LogP contribution in [0.4, 0.5) is 0 Å². The molecule has 0 atom stereocenters. The van der Waals surface area contributed by atoms with Gasteiger partial charge in [0, 0.05) is 10.6 Å². The summed E-state index contributed by atoms with van der Waals surface area (Å²) in [5, 5.41) is 3.57. The molecule has 0 radical (unpaired) electrons. The summed E-state index contributed by atoms with van der Waals surface area (Å²) in [5.41, 5.74) is 0.750. The Bertz CT molecular complexity index is 355. The standard InChI is InChI=1S/C12H16ClNO/c1-12(2,3)14-11(15)8-9-5-4-6-10(13)7-9/h4-7H,8H2,1-3H3,(H,14,15). The van der Waals surface area contributed by atoms with Gasteiger partial charge >= 0.3 is 0 Å². The number of amides is 1. The highest BCUT2D eigenvalue weighted by molar-refractivity contribution is 6.30. The molecule has 1 N–H and O–H groups in total. The van der Waals surface area contributed by atoms with E-state index in [0.29, 0.717) is 11.4 Å². The van der Waals surface area contributed by atoms with Gasteiger partial charge in [-0.3, -0.25) is 4.79 Å². The van der Waals surface area contributed by atoms with Crippen LogP contribution in [0.15, 0.2) is 24.3 Å². The number of hydrogen-bond acceptors (Lipinski definition) is 1. The van der Waals surface area contributed by atoms with Crippen molar-refractivity contribution in [3.63, 3.8) is 0 Å². The second-order valence-corrected chi connectivity index (χ2v) is 5.04. The summed E-state index contributed by atoms with van der Waals surface area (Å²) in [6, 6.07) is 7.35. The predicted molar refractivity (Wildman–Crippen MR) is 63.1 cm³/mol. The Morgan fingerprint density at radius 1 is 1.40 bits per heavy atom. The van der Waals surface area contributed by atoms with Gasteiger partial charge < -0.3 is 5.32 Å². The zero-order chi connectivity index (χ0) is 11.5. The molecule has 0 fully saturated rings. The van der Waals surface area contributed by atoms with Crippen molar-refractivity contribution in [3.8, 4) is 0 Å². The summed E-state index contributed by atoms with van der Waals surface area (Å²) in [6.45, 7) is 5.88. The number of nitrogens with one attached hydrogen (secondary N) is 1. The molecule has 0 aliphatic rings. The SMILES string of the molecule is CC(C)(C)NC(=O)Cc1cccc(Cl)c1. The lowest BCUT2D eigenvalue weighted by Crippen LogP contribution is -2.41. The van der Waals surface area contributed by atoms with Crippen molar-refractivity contribution in [2.45, 2.75) is 32.7 Å². The van der Waals surface area contributed by atoms with E-state index in [0.717, 1.165) is 5.56 Å². The maximum Gasteiger partial charge on any atom is 0.224 e. The number of halogens is 1. The molecule has 0 spiro atoms. The normalized spacial score (nSPS) is 11.2. The number of rotatable bonds is 2. The first kappa shape index (κ1) is 12.1. The van der Waals surface area contributed by atoms with Gasteiger partial charge in [0.2, 0.25) is 5.91 Å². The molecular formula is C12H16ClNO. The second kappa shape index (κ2) is 4.67. The van der Waals surface area contributed by atoms with Crippen molar-refractivity contribution in [1.29, 1.82) is 0 Å². The van der Waals surface area contributed by atoms with Gasteiger partial charge in [-0.25, -0.2) is 0 Å². The smallest absolute Gasteiger partial charge is 0.224 e. The molecule has 0 aliphatic carbocycles. The van der Waals surface area contributed by atoms with Gasteiger partial charge in [0.25, 0.3) is 0 Å². The Morgan fingerprint density at radius 2 is 2.07 bits per heavy atom. The molecule has 1 rings (SSSR count). The molecule has 0 heterocycles. The highest BCUT2D eigenvalue weighted by Gasteiger charge is 2.13. The fraction of sp³-hybridized carbons (Fsp3) is 0.417. The minimum absolute atomic E-state index is 0.0183. The Labute approximate surface area is 95.6 Å². The van der Waals surface area contributed by atoms with Crippen LogP contribution in [-0.4, -0.2) is 11.4 Å². The van der Waals surface area contributed by atoms with Crippen molar-refractivity contribution in [2.75, 3.05) is 0 Å². The first-order valence-electron chi connectivity index (χ1n) is 4.92. The Morgan fingerprint density at radius 3 is 2.60 bits per heavy atom. The van der Waals surface area contributed by atoms with Crippen molar-refractivity contribution in [2.24, 2.45) is 0 Å². The van der Waals surface area contributed by atoms with Crippen molar-refractivity contribution in [1.82, 2.24) is 5.32 Å². The minimum Gasteiger partial charge on any atom is -0.351 e. The van der Waals surface area contributed by atoms with Gasteiger partial charge in [0.1, 0.15) is 0 Å². The Hall–Kier alpha value is -1.02. The Balaban J connectivity index is 2.59. The third-order valence-electron chi connectivity index (χ3n) is 1.77. The fourth-order valence-corrected chi connectivity index (χ4v) is 1.51. The van der Waals surface area contributed by atoms with E-state index in [1.165, 1.54) is 0 Å². The average Bonchev–Trinajstić information content (AvgIpc) is 1.99. The summed E-state index contributed by atoms with van der Waals surface area (Å²) >= 11 is 5.83. The molecule has 0 saturated heterocycles. The molecule has 82 valence electrons. The van der Waals surface area contributed by atoms with Crippen molar-refractivity contribution in [3.05, 3.63) is 34.9 Å². The van der Waals surface area contributed by atoms with Crippen LogP contribution in [0.2, 0.25) is 5.02 Å². The maximum absolute atomic E-state index is 11.6. The second-order valence-electron chi connectivity index (χ2n) is 4.60. The maximum atomic E-state index is 11.6. The van der Waals surface area contributed by atoms with Crippen LogP contribution >= 0.6 is 11.6 Å². The van der Waals surface area contributed by atoms with E-state index in [1.807, 2.05) is 39.0 Å². The van der Waals surface area contributed by atoms with Crippen molar-refractivity contribution >= 4 is 17.5 Å². The lowest BCUT2D eigenvalue weighted by Gasteiger charge is -2.20.